The molecule has 3 nitrogen and oxygen atoms in total. The van der Waals surface area contributed by atoms with Gasteiger partial charge < -0.3 is 14.5 Å². The molecule has 1 heterocycles. The average molecular weight is 197 g/mol. The number of halogens is 1. The predicted molar refractivity (Wildman–Crippen MR) is 34.0 cm³/mol. The molecule has 6 heteroatoms. The summed E-state index contributed by atoms with van der Waals surface area (Å²) in [6.45, 7) is 0. The SMILES string of the molecule is [Li+].[O-]B(O)c1occc1Br. The van der Waals surface area contributed by atoms with Gasteiger partial charge in [0, 0.05) is 0 Å². The van der Waals surface area contributed by atoms with Crippen LogP contribution >= 0.6 is 15.9 Å². The van der Waals surface area contributed by atoms with Crippen molar-refractivity contribution in [1.82, 2.24) is 0 Å². The summed E-state index contributed by atoms with van der Waals surface area (Å²) in [6.07, 6.45) is 1.33. The Labute approximate surface area is 78.9 Å². The number of hydrogen-bond acceptors (Lipinski definition) is 3. The molecule has 0 unspecified atom stereocenters. The van der Waals surface area contributed by atoms with Crippen LogP contribution in [0.3, 0.4) is 0 Å². The Morgan fingerprint density at radius 1 is 1.70 bits per heavy atom. The Bertz CT molecular complexity index is 202. The molecule has 0 fully saturated rings. The third-order valence-corrected chi connectivity index (χ3v) is 1.52. The van der Waals surface area contributed by atoms with Crippen molar-refractivity contribution in [2.45, 2.75) is 0 Å². The van der Waals surface area contributed by atoms with Crippen molar-refractivity contribution in [3.05, 3.63) is 16.8 Å². The van der Waals surface area contributed by atoms with Crippen LogP contribution in [-0.2, 0) is 0 Å². The molecule has 0 aromatic carbocycles. The largest absolute Gasteiger partial charge is 1.00 e. The van der Waals surface area contributed by atoms with E-state index in [-0.39, 0.29) is 24.5 Å². The Hall–Kier alpha value is 0.342. The number of furan rings is 1. The molecule has 1 aromatic heterocycles. The summed E-state index contributed by atoms with van der Waals surface area (Å²) in [5.41, 5.74) is 0.0231. The maximum atomic E-state index is 10.2. The van der Waals surface area contributed by atoms with Crippen molar-refractivity contribution in [1.29, 1.82) is 0 Å². The van der Waals surface area contributed by atoms with Gasteiger partial charge in [-0.2, -0.15) is 0 Å². The fourth-order valence-corrected chi connectivity index (χ4v) is 0.879. The summed E-state index contributed by atoms with van der Waals surface area (Å²) in [5, 5.41) is 18.7. The third kappa shape index (κ3) is 2.19. The van der Waals surface area contributed by atoms with Gasteiger partial charge in [-0.15, -0.1) is 0 Å². The summed E-state index contributed by atoms with van der Waals surface area (Å²) in [6, 6.07) is 1.55. The zero-order valence-electron chi connectivity index (χ0n) is 5.37. The van der Waals surface area contributed by atoms with E-state index in [1.165, 1.54) is 6.26 Å². The topological polar surface area (TPSA) is 56.4 Å². The molecule has 0 aliphatic rings. The van der Waals surface area contributed by atoms with E-state index in [4.69, 9.17) is 5.02 Å². The Morgan fingerprint density at radius 3 is 2.50 bits per heavy atom. The fourth-order valence-electron chi connectivity index (χ4n) is 0.482. The van der Waals surface area contributed by atoms with Crippen molar-refractivity contribution in [3.63, 3.8) is 0 Å². The molecular formula is C4H3BBrLiO3. The summed E-state index contributed by atoms with van der Waals surface area (Å²) >= 11 is 3.01. The third-order valence-electron chi connectivity index (χ3n) is 0.869. The quantitative estimate of drug-likeness (QED) is 0.468. The van der Waals surface area contributed by atoms with Gasteiger partial charge in [0.2, 0.25) is 0 Å². The second kappa shape index (κ2) is 4.27. The molecule has 0 saturated carbocycles. The van der Waals surface area contributed by atoms with E-state index in [1.807, 2.05) is 0 Å². The minimum atomic E-state index is -1.78. The van der Waals surface area contributed by atoms with Crippen LogP contribution in [-0.4, -0.2) is 12.1 Å². The molecule has 1 N–H and O–H groups in total. The van der Waals surface area contributed by atoms with E-state index in [2.05, 4.69) is 20.3 Å². The first-order valence-electron chi connectivity index (χ1n) is 2.28. The first-order valence-corrected chi connectivity index (χ1v) is 3.08. The number of rotatable bonds is 1. The van der Waals surface area contributed by atoms with E-state index < -0.39 is 7.12 Å². The van der Waals surface area contributed by atoms with Crippen molar-refractivity contribution in [2.75, 3.05) is 0 Å². The molecular weight excluding hydrogens is 194 g/mol. The van der Waals surface area contributed by atoms with E-state index in [1.54, 1.807) is 6.07 Å². The van der Waals surface area contributed by atoms with Crippen LogP contribution in [0.5, 0.6) is 0 Å². The van der Waals surface area contributed by atoms with Crippen LogP contribution in [0.1, 0.15) is 0 Å². The maximum Gasteiger partial charge on any atom is 1.00 e. The molecule has 10 heavy (non-hydrogen) atoms. The van der Waals surface area contributed by atoms with E-state index in [0.717, 1.165) is 0 Å². The minimum Gasteiger partial charge on any atom is -0.850 e. The van der Waals surface area contributed by atoms with Gasteiger partial charge in [-0.05, 0) is 22.0 Å². The standard InChI is InChI=1S/C4H3BBrO3.Li/c6-3-1-2-9-4(3)5(7)8;/h1-2,7H;/q-1;+1. The van der Waals surface area contributed by atoms with Gasteiger partial charge in [-0.25, -0.2) is 0 Å². The van der Waals surface area contributed by atoms with Crippen LogP contribution < -0.4 is 29.5 Å². The van der Waals surface area contributed by atoms with Crippen LogP contribution in [0, 0.1) is 0 Å². The number of hydrogen-bond donors (Lipinski definition) is 1. The molecule has 1 rings (SSSR count). The molecule has 0 amide bonds. The van der Waals surface area contributed by atoms with Gasteiger partial charge in [-0.1, -0.05) is 0 Å². The Morgan fingerprint density at radius 2 is 2.30 bits per heavy atom. The van der Waals surface area contributed by atoms with Crippen LogP contribution in [0.15, 0.2) is 21.2 Å². The zero-order chi connectivity index (χ0) is 6.85. The van der Waals surface area contributed by atoms with E-state index in [0.29, 0.717) is 4.47 Å². The second-order valence-electron chi connectivity index (χ2n) is 1.49. The normalized spacial score (nSPS) is 8.70. The fraction of sp³-hybridized carbons (Fsp3) is 0. The molecule has 0 radical (unpaired) electrons. The first-order chi connectivity index (χ1) is 4.22. The van der Waals surface area contributed by atoms with Gasteiger partial charge in [0.1, 0.15) is 0 Å². The zero-order valence-corrected chi connectivity index (χ0v) is 6.96. The smallest absolute Gasteiger partial charge is 0.850 e. The Kier molecular flexibility index (Phi) is 4.41. The molecule has 0 aliphatic carbocycles. The molecule has 0 spiro atoms. The monoisotopic (exact) mass is 196 g/mol. The van der Waals surface area contributed by atoms with Gasteiger partial charge >= 0.3 is 18.9 Å². The second-order valence-corrected chi connectivity index (χ2v) is 2.34. The molecule has 0 aliphatic heterocycles. The van der Waals surface area contributed by atoms with E-state index >= 15 is 0 Å². The van der Waals surface area contributed by atoms with Crippen molar-refractivity contribution in [3.8, 4) is 0 Å². The molecule has 48 valence electrons. The van der Waals surface area contributed by atoms with Crippen molar-refractivity contribution in [2.24, 2.45) is 0 Å². The first kappa shape index (κ1) is 10.3. The summed E-state index contributed by atoms with van der Waals surface area (Å²) in [4.78, 5) is 0. The minimum absolute atomic E-state index is 0. The average Bonchev–Trinajstić information content (AvgIpc) is 2.13. The summed E-state index contributed by atoms with van der Waals surface area (Å²) in [5.74, 6) is 0. The van der Waals surface area contributed by atoms with E-state index in [9.17, 15) is 5.02 Å². The molecule has 0 atom stereocenters. The predicted octanol–water partition coefficient (Wildman–Crippen LogP) is -3.91. The Balaban J connectivity index is 0.000000810. The summed E-state index contributed by atoms with van der Waals surface area (Å²) in [7, 11) is -1.78. The van der Waals surface area contributed by atoms with Crippen molar-refractivity contribution >= 4 is 28.7 Å². The van der Waals surface area contributed by atoms with Gasteiger partial charge in [0.15, 0.2) is 0 Å². The van der Waals surface area contributed by atoms with Crippen LogP contribution in [0.25, 0.3) is 0 Å². The summed E-state index contributed by atoms with van der Waals surface area (Å²) < 4.78 is 5.12. The van der Waals surface area contributed by atoms with Gasteiger partial charge in [0.25, 0.3) is 7.12 Å². The van der Waals surface area contributed by atoms with Crippen molar-refractivity contribution < 1.29 is 33.3 Å². The van der Waals surface area contributed by atoms with Crippen LogP contribution in [0.2, 0.25) is 0 Å². The van der Waals surface area contributed by atoms with Gasteiger partial charge in [-0.3, -0.25) is 0 Å². The van der Waals surface area contributed by atoms with Gasteiger partial charge in [0.05, 0.1) is 16.4 Å². The molecule has 0 saturated heterocycles. The van der Waals surface area contributed by atoms with Crippen LogP contribution in [0.4, 0.5) is 0 Å². The maximum absolute atomic E-state index is 10.2. The molecule has 0 bridgehead atoms. The molecule has 1 aromatic rings.